The van der Waals surface area contributed by atoms with E-state index in [1.54, 1.807) is 18.2 Å². The van der Waals surface area contributed by atoms with Crippen LogP contribution in [0.15, 0.2) is 53.1 Å². The van der Waals surface area contributed by atoms with Crippen LogP contribution in [0.25, 0.3) is 10.9 Å². The zero-order valence-electron chi connectivity index (χ0n) is 11.7. The molecule has 0 atom stereocenters. The maximum atomic E-state index is 13.1. The first-order chi connectivity index (χ1) is 10.6. The second-order valence-corrected chi connectivity index (χ2v) is 5.93. The first kappa shape index (κ1) is 14.8. The SMILES string of the molecule is O=C(NCCc1c[nH]c2cc(F)ccc12)c1ccc(Br)cc1. The van der Waals surface area contributed by atoms with Gasteiger partial charge in [-0.2, -0.15) is 0 Å². The number of aromatic nitrogens is 1. The number of hydrogen-bond acceptors (Lipinski definition) is 1. The van der Waals surface area contributed by atoms with E-state index in [1.165, 1.54) is 12.1 Å². The van der Waals surface area contributed by atoms with Crippen molar-refractivity contribution < 1.29 is 9.18 Å². The minimum absolute atomic E-state index is 0.0987. The van der Waals surface area contributed by atoms with E-state index in [4.69, 9.17) is 0 Å². The third-order valence-corrected chi connectivity index (χ3v) is 4.04. The van der Waals surface area contributed by atoms with E-state index >= 15 is 0 Å². The Hall–Kier alpha value is -2.14. The molecule has 0 aliphatic rings. The van der Waals surface area contributed by atoms with E-state index in [2.05, 4.69) is 26.2 Å². The van der Waals surface area contributed by atoms with Gasteiger partial charge in [-0.1, -0.05) is 15.9 Å². The molecule has 0 fully saturated rings. The number of benzene rings is 2. The van der Waals surface area contributed by atoms with Crippen molar-refractivity contribution in [3.05, 3.63) is 70.1 Å². The highest BCUT2D eigenvalue weighted by atomic mass is 79.9. The predicted molar refractivity (Wildman–Crippen MR) is 88.4 cm³/mol. The second-order valence-electron chi connectivity index (χ2n) is 5.02. The van der Waals surface area contributed by atoms with Crippen LogP contribution in [0.1, 0.15) is 15.9 Å². The summed E-state index contributed by atoms with van der Waals surface area (Å²) in [4.78, 5) is 15.1. The van der Waals surface area contributed by atoms with Crippen molar-refractivity contribution in [1.29, 1.82) is 0 Å². The summed E-state index contributed by atoms with van der Waals surface area (Å²) in [5, 5.41) is 3.88. The quantitative estimate of drug-likeness (QED) is 0.724. The molecule has 0 bridgehead atoms. The summed E-state index contributed by atoms with van der Waals surface area (Å²) in [7, 11) is 0. The highest BCUT2D eigenvalue weighted by Gasteiger charge is 2.07. The maximum Gasteiger partial charge on any atom is 0.251 e. The fraction of sp³-hybridized carbons (Fsp3) is 0.118. The third-order valence-electron chi connectivity index (χ3n) is 3.52. The Morgan fingerprint density at radius 1 is 1.18 bits per heavy atom. The fourth-order valence-corrected chi connectivity index (χ4v) is 2.64. The van der Waals surface area contributed by atoms with Gasteiger partial charge in [-0.25, -0.2) is 4.39 Å². The molecule has 1 aromatic heterocycles. The molecule has 22 heavy (non-hydrogen) atoms. The summed E-state index contributed by atoms with van der Waals surface area (Å²) in [6.07, 6.45) is 2.55. The first-order valence-electron chi connectivity index (χ1n) is 6.93. The molecule has 1 heterocycles. The lowest BCUT2D eigenvalue weighted by molar-refractivity contribution is 0.0954. The van der Waals surface area contributed by atoms with Gasteiger partial charge in [-0.15, -0.1) is 0 Å². The molecular formula is C17H14BrFN2O. The normalized spacial score (nSPS) is 10.8. The van der Waals surface area contributed by atoms with Gasteiger partial charge in [0.25, 0.3) is 5.91 Å². The summed E-state index contributed by atoms with van der Waals surface area (Å²) in [5.74, 6) is -0.358. The monoisotopic (exact) mass is 360 g/mol. The van der Waals surface area contributed by atoms with Crippen molar-refractivity contribution >= 4 is 32.7 Å². The molecule has 0 saturated heterocycles. The lowest BCUT2D eigenvalue weighted by atomic mass is 10.1. The summed E-state index contributed by atoms with van der Waals surface area (Å²) >= 11 is 3.34. The van der Waals surface area contributed by atoms with E-state index in [0.29, 0.717) is 18.5 Å². The van der Waals surface area contributed by atoms with Crippen molar-refractivity contribution in [2.45, 2.75) is 6.42 Å². The summed E-state index contributed by atoms with van der Waals surface area (Å²) < 4.78 is 14.1. The molecule has 0 spiro atoms. The zero-order chi connectivity index (χ0) is 15.5. The largest absolute Gasteiger partial charge is 0.361 e. The minimum Gasteiger partial charge on any atom is -0.361 e. The van der Waals surface area contributed by atoms with Crippen molar-refractivity contribution in [3.63, 3.8) is 0 Å². The Morgan fingerprint density at radius 2 is 1.95 bits per heavy atom. The van der Waals surface area contributed by atoms with E-state index < -0.39 is 0 Å². The molecule has 3 rings (SSSR count). The smallest absolute Gasteiger partial charge is 0.251 e. The van der Waals surface area contributed by atoms with E-state index in [-0.39, 0.29) is 11.7 Å². The molecule has 0 radical (unpaired) electrons. The molecule has 2 aromatic carbocycles. The number of aromatic amines is 1. The summed E-state index contributed by atoms with van der Waals surface area (Å²) in [6, 6.07) is 11.9. The highest BCUT2D eigenvalue weighted by Crippen LogP contribution is 2.19. The molecular weight excluding hydrogens is 347 g/mol. The third kappa shape index (κ3) is 3.20. The van der Waals surface area contributed by atoms with Crippen LogP contribution in [0.3, 0.4) is 0 Å². The van der Waals surface area contributed by atoms with E-state index in [0.717, 1.165) is 20.9 Å². The van der Waals surface area contributed by atoms with Crippen LogP contribution in [-0.4, -0.2) is 17.4 Å². The number of fused-ring (bicyclic) bond motifs is 1. The van der Waals surface area contributed by atoms with Crippen molar-refractivity contribution in [2.24, 2.45) is 0 Å². The predicted octanol–water partition coefficient (Wildman–Crippen LogP) is 4.04. The van der Waals surface area contributed by atoms with Crippen LogP contribution in [0.4, 0.5) is 4.39 Å². The van der Waals surface area contributed by atoms with Gasteiger partial charge in [-0.05, 0) is 54.4 Å². The Labute approximate surface area is 135 Å². The lowest BCUT2D eigenvalue weighted by Crippen LogP contribution is -2.25. The number of carbonyl (C=O) groups is 1. The minimum atomic E-state index is -0.260. The van der Waals surface area contributed by atoms with Gasteiger partial charge >= 0.3 is 0 Å². The number of carbonyl (C=O) groups excluding carboxylic acids is 1. The fourth-order valence-electron chi connectivity index (χ4n) is 2.38. The standard InChI is InChI=1S/C17H14BrFN2O/c18-13-3-1-11(2-4-13)17(22)20-8-7-12-10-21-16-9-14(19)5-6-15(12)16/h1-6,9-10,21H,7-8H2,(H,20,22). The summed E-state index contributed by atoms with van der Waals surface area (Å²) in [5.41, 5.74) is 2.46. The molecule has 0 unspecified atom stereocenters. The Balaban J connectivity index is 1.62. The van der Waals surface area contributed by atoms with Crippen LogP contribution in [-0.2, 0) is 6.42 Å². The van der Waals surface area contributed by atoms with Gasteiger partial charge in [0.15, 0.2) is 0 Å². The molecule has 5 heteroatoms. The van der Waals surface area contributed by atoms with Gasteiger partial charge in [0.2, 0.25) is 0 Å². The molecule has 3 aromatic rings. The van der Waals surface area contributed by atoms with Crippen LogP contribution in [0.5, 0.6) is 0 Å². The Morgan fingerprint density at radius 3 is 2.73 bits per heavy atom. The van der Waals surface area contributed by atoms with E-state index in [9.17, 15) is 9.18 Å². The van der Waals surface area contributed by atoms with E-state index in [1.807, 2.05) is 18.3 Å². The van der Waals surface area contributed by atoms with Crippen LogP contribution in [0.2, 0.25) is 0 Å². The van der Waals surface area contributed by atoms with Crippen LogP contribution in [0, 0.1) is 5.82 Å². The molecule has 0 aliphatic heterocycles. The lowest BCUT2D eigenvalue weighted by Gasteiger charge is -2.05. The van der Waals surface area contributed by atoms with Gasteiger partial charge in [0.1, 0.15) is 5.82 Å². The summed E-state index contributed by atoms with van der Waals surface area (Å²) in [6.45, 7) is 0.527. The molecule has 3 nitrogen and oxygen atoms in total. The Bertz CT molecular complexity index is 811. The van der Waals surface area contributed by atoms with Crippen molar-refractivity contribution in [3.8, 4) is 0 Å². The average Bonchev–Trinajstić information content (AvgIpc) is 2.90. The van der Waals surface area contributed by atoms with Gasteiger partial charge in [-0.3, -0.25) is 4.79 Å². The van der Waals surface area contributed by atoms with Crippen molar-refractivity contribution in [1.82, 2.24) is 10.3 Å². The number of nitrogens with one attached hydrogen (secondary N) is 2. The van der Waals surface area contributed by atoms with Gasteiger partial charge in [0, 0.05) is 33.7 Å². The number of rotatable bonds is 4. The zero-order valence-corrected chi connectivity index (χ0v) is 13.3. The second kappa shape index (κ2) is 6.32. The molecule has 2 N–H and O–H groups in total. The van der Waals surface area contributed by atoms with Gasteiger partial charge < -0.3 is 10.3 Å². The molecule has 112 valence electrons. The number of H-pyrrole nitrogens is 1. The average molecular weight is 361 g/mol. The maximum absolute atomic E-state index is 13.1. The van der Waals surface area contributed by atoms with Crippen molar-refractivity contribution in [2.75, 3.05) is 6.54 Å². The number of hydrogen-bond donors (Lipinski definition) is 2. The molecule has 0 aliphatic carbocycles. The number of amides is 1. The first-order valence-corrected chi connectivity index (χ1v) is 7.72. The van der Waals surface area contributed by atoms with Gasteiger partial charge in [0.05, 0.1) is 0 Å². The highest BCUT2D eigenvalue weighted by molar-refractivity contribution is 9.10. The topological polar surface area (TPSA) is 44.9 Å². The Kier molecular flexibility index (Phi) is 4.24. The number of halogens is 2. The van der Waals surface area contributed by atoms with Crippen LogP contribution < -0.4 is 5.32 Å². The molecule has 1 amide bonds. The van der Waals surface area contributed by atoms with Crippen LogP contribution >= 0.6 is 15.9 Å². The molecule has 0 saturated carbocycles.